The van der Waals surface area contributed by atoms with E-state index in [2.05, 4.69) is 33.0 Å². The molecule has 0 fully saturated rings. The minimum Gasteiger partial charge on any atom is -0.379 e. The molecule has 0 amide bonds. The Labute approximate surface area is 93.4 Å². The molecular weight excluding hydrogens is 198 g/mol. The van der Waals surface area contributed by atoms with E-state index >= 15 is 0 Å². The van der Waals surface area contributed by atoms with Crippen LogP contribution < -0.4 is 5.32 Å². The van der Waals surface area contributed by atoms with Gasteiger partial charge >= 0.3 is 0 Å². The van der Waals surface area contributed by atoms with Gasteiger partial charge in [-0.1, -0.05) is 13.8 Å². The van der Waals surface area contributed by atoms with Gasteiger partial charge in [-0.3, -0.25) is 0 Å². The number of nitrogens with one attached hydrogen (secondary N) is 1. The normalized spacial score (nSPS) is 14.8. The lowest BCUT2D eigenvalue weighted by atomic mass is 10.1. The molecule has 0 rings (SSSR count). The van der Waals surface area contributed by atoms with Crippen molar-refractivity contribution in [2.45, 2.75) is 45.1 Å². The van der Waals surface area contributed by atoms with E-state index in [0.717, 1.165) is 19.5 Å². The van der Waals surface area contributed by atoms with Crippen LogP contribution in [0.15, 0.2) is 0 Å². The maximum Gasteiger partial charge on any atom is 0.0634 e. The van der Waals surface area contributed by atoms with Gasteiger partial charge in [0.2, 0.25) is 0 Å². The largest absolute Gasteiger partial charge is 0.379 e. The monoisotopic (exact) mass is 221 g/mol. The van der Waals surface area contributed by atoms with Crippen LogP contribution in [0.5, 0.6) is 0 Å². The number of halogens is 1. The van der Waals surface area contributed by atoms with E-state index in [1.54, 1.807) is 7.11 Å². The van der Waals surface area contributed by atoms with Gasteiger partial charge in [0.1, 0.15) is 0 Å². The summed E-state index contributed by atoms with van der Waals surface area (Å²) in [6.07, 6.45) is 1.01. The smallest absolute Gasteiger partial charge is 0.0634 e. The molecule has 0 spiro atoms. The molecule has 86 valence electrons. The van der Waals surface area contributed by atoms with Crippen molar-refractivity contribution in [1.29, 1.82) is 0 Å². The van der Waals surface area contributed by atoms with Gasteiger partial charge in [0, 0.05) is 19.0 Å². The fraction of sp³-hybridized carbons (Fsp3) is 1.00. The van der Waals surface area contributed by atoms with E-state index in [1.165, 1.54) is 0 Å². The second-order valence-electron chi connectivity index (χ2n) is 4.68. The number of hydrogen-bond acceptors (Lipinski definition) is 2. The average Bonchev–Trinajstić information content (AvgIpc) is 2.12. The Kier molecular flexibility index (Phi) is 6.75. The third-order valence-corrected chi connectivity index (χ3v) is 3.18. The highest BCUT2D eigenvalue weighted by Crippen LogP contribution is 2.12. The molecule has 0 aromatic heterocycles. The average molecular weight is 222 g/mol. The Morgan fingerprint density at radius 3 is 2.36 bits per heavy atom. The lowest BCUT2D eigenvalue weighted by molar-refractivity contribution is 0.0159. The van der Waals surface area contributed by atoms with Crippen LogP contribution in [0.3, 0.4) is 0 Å². The zero-order chi connectivity index (χ0) is 11.2. The molecule has 0 aromatic rings. The maximum absolute atomic E-state index is 6.11. The van der Waals surface area contributed by atoms with Crippen LogP contribution in [0.2, 0.25) is 0 Å². The van der Waals surface area contributed by atoms with Crippen LogP contribution in [0.4, 0.5) is 0 Å². The summed E-state index contributed by atoms with van der Waals surface area (Å²) in [5.41, 5.74) is -0.0351. The Bertz CT molecular complexity index is 148. The van der Waals surface area contributed by atoms with Crippen LogP contribution in [0.1, 0.15) is 34.1 Å². The van der Waals surface area contributed by atoms with Crippen LogP contribution >= 0.6 is 11.6 Å². The summed E-state index contributed by atoms with van der Waals surface area (Å²) in [4.78, 5) is 0. The van der Waals surface area contributed by atoms with Crippen molar-refractivity contribution in [3.63, 3.8) is 0 Å². The summed E-state index contributed by atoms with van der Waals surface area (Å²) < 4.78 is 5.32. The standard InChI is InChI=1S/C11H24ClNO/c1-9(2)10(12)8-13-7-6-11(3,4)14-5/h9-10,13H,6-8H2,1-5H3. The summed E-state index contributed by atoms with van der Waals surface area (Å²) >= 11 is 6.11. The molecule has 2 nitrogen and oxygen atoms in total. The van der Waals surface area contributed by atoms with Crippen molar-refractivity contribution in [3.05, 3.63) is 0 Å². The predicted octanol–water partition coefficient (Wildman–Crippen LogP) is 2.65. The molecule has 1 N–H and O–H groups in total. The van der Waals surface area contributed by atoms with Gasteiger partial charge in [-0.05, 0) is 32.7 Å². The molecule has 0 aliphatic carbocycles. The summed E-state index contributed by atoms with van der Waals surface area (Å²) in [6, 6.07) is 0. The summed E-state index contributed by atoms with van der Waals surface area (Å²) in [7, 11) is 1.75. The zero-order valence-electron chi connectivity index (χ0n) is 10.1. The van der Waals surface area contributed by atoms with Crippen LogP contribution in [0.25, 0.3) is 0 Å². The first kappa shape index (κ1) is 14.2. The van der Waals surface area contributed by atoms with E-state index in [1.807, 2.05) is 0 Å². The van der Waals surface area contributed by atoms with Crippen molar-refractivity contribution in [3.8, 4) is 0 Å². The first-order valence-corrected chi connectivity index (χ1v) is 5.72. The van der Waals surface area contributed by atoms with Crippen LogP contribution in [-0.2, 0) is 4.74 Å². The Balaban J connectivity index is 3.47. The van der Waals surface area contributed by atoms with Gasteiger partial charge in [-0.2, -0.15) is 0 Å². The SMILES string of the molecule is COC(C)(C)CCNCC(Cl)C(C)C. The fourth-order valence-corrected chi connectivity index (χ4v) is 1.08. The van der Waals surface area contributed by atoms with Crippen LogP contribution in [0, 0.1) is 5.92 Å². The molecule has 0 aliphatic rings. The highest BCUT2D eigenvalue weighted by atomic mass is 35.5. The molecule has 14 heavy (non-hydrogen) atoms. The van der Waals surface area contributed by atoms with Crippen molar-refractivity contribution in [2.24, 2.45) is 5.92 Å². The van der Waals surface area contributed by atoms with Crippen molar-refractivity contribution >= 4 is 11.6 Å². The number of methoxy groups -OCH3 is 1. The number of rotatable bonds is 7. The molecule has 0 radical (unpaired) electrons. The summed E-state index contributed by atoms with van der Waals surface area (Å²) in [5, 5.41) is 3.57. The third kappa shape index (κ3) is 6.63. The van der Waals surface area contributed by atoms with Gasteiger partial charge in [-0.25, -0.2) is 0 Å². The molecule has 1 unspecified atom stereocenters. The van der Waals surface area contributed by atoms with Gasteiger partial charge in [0.15, 0.2) is 0 Å². The van der Waals surface area contributed by atoms with Gasteiger partial charge in [-0.15, -0.1) is 11.6 Å². The van der Waals surface area contributed by atoms with Crippen LogP contribution in [-0.4, -0.2) is 31.2 Å². The van der Waals surface area contributed by atoms with Crippen molar-refractivity contribution < 1.29 is 4.74 Å². The van der Waals surface area contributed by atoms with E-state index in [0.29, 0.717) is 5.92 Å². The summed E-state index contributed by atoms with van der Waals surface area (Å²) in [6.45, 7) is 10.3. The van der Waals surface area contributed by atoms with Gasteiger partial charge in [0.05, 0.1) is 5.60 Å². The van der Waals surface area contributed by atoms with Gasteiger partial charge in [0.25, 0.3) is 0 Å². The number of ether oxygens (including phenoxy) is 1. The minimum atomic E-state index is -0.0351. The number of hydrogen-bond donors (Lipinski definition) is 1. The highest BCUT2D eigenvalue weighted by molar-refractivity contribution is 6.20. The molecule has 0 aliphatic heterocycles. The minimum absolute atomic E-state index is 0.0351. The first-order valence-electron chi connectivity index (χ1n) is 5.29. The summed E-state index contributed by atoms with van der Waals surface area (Å²) in [5.74, 6) is 0.527. The molecule has 0 heterocycles. The van der Waals surface area contributed by atoms with E-state index in [9.17, 15) is 0 Å². The second kappa shape index (κ2) is 6.65. The molecule has 0 saturated carbocycles. The van der Waals surface area contributed by atoms with Crippen molar-refractivity contribution in [1.82, 2.24) is 5.32 Å². The van der Waals surface area contributed by atoms with E-state index in [4.69, 9.17) is 16.3 Å². The molecule has 0 saturated heterocycles. The predicted molar refractivity (Wildman–Crippen MR) is 63.1 cm³/mol. The van der Waals surface area contributed by atoms with Gasteiger partial charge < -0.3 is 10.1 Å². The Morgan fingerprint density at radius 2 is 1.93 bits per heavy atom. The molecular formula is C11H24ClNO. The maximum atomic E-state index is 6.11. The lowest BCUT2D eigenvalue weighted by Gasteiger charge is -2.23. The molecule has 3 heteroatoms. The molecule has 1 atom stereocenters. The third-order valence-electron chi connectivity index (χ3n) is 2.52. The van der Waals surface area contributed by atoms with E-state index in [-0.39, 0.29) is 11.0 Å². The molecule has 0 aromatic carbocycles. The van der Waals surface area contributed by atoms with Crippen molar-refractivity contribution in [2.75, 3.05) is 20.2 Å². The first-order chi connectivity index (χ1) is 6.39. The topological polar surface area (TPSA) is 21.3 Å². The number of alkyl halides is 1. The highest BCUT2D eigenvalue weighted by Gasteiger charge is 2.15. The quantitative estimate of drug-likeness (QED) is 0.527. The van der Waals surface area contributed by atoms with E-state index < -0.39 is 0 Å². The molecule has 0 bridgehead atoms. The second-order valence-corrected chi connectivity index (χ2v) is 5.24. The Morgan fingerprint density at radius 1 is 1.36 bits per heavy atom. The fourth-order valence-electron chi connectivity index (χ4n) is 0.967. The Hall–Kier alpha value is 0.210. The zero-order valence-corrected chi connectivity index (χ0v) is 10.8. The lowest BCUT2D eigenvalue weighted by Crippen LogP contribution is -2.32.